The number of hydrogen-bond acceptors (Lipinski definition) is 6. The minimum atomic E-state index is -1.10. The van der Waals surface area contributed by atoms with Crippen LogP contribution in [0.3, 0.4) is 0 Å². The van der Waals surface area contributed by atoms with Gasteiger partial charge in [0.25, 0.3) is 5.91 Å². The van der Waals surface area contributed by atoms with Crippen molar-refractivity contribution in [1.29, 1.82) is 0 Å². The van der Waals surface area contributed by atoms with Gasteiger partial charge in [-0.15, -0.1) is 0 Å². The van der Waals surface area contributed by atoms with Crippen molar-refractivity contribution in [1.82, 2.24) is 5.32 Å². The maximum Gasteiger partial charge on any atom is 0.326 e. The minimum absolute atomic E-state index is 0.142. The van der Waals surface area contributed by atoms with Gasteiger partial charge >= 0.3 is 5.97 Å². The Morgan fingerprint density at radius 1 is 1.16 bits per heavy atom. The lowest BCUT2D eigenvalue weighted by Gasteiger charge is -2.28. The smallest absolute Gasteiger partial charge is 0.326 e. The van der Waals surface area contributed by atoms with Gasteiger partial charge in [-0.3, -0.25) is 4.79 Å². The fraction of sp³-hybridized carbons (Fsp3) is 0.417. The van der Waals surface area contributed by atoms with Crippen molar-refractivity contribution in [3.8, 4) is 22.6 Å². The Hall–Kier alpha value is -3.10. The molecule has 32 heavy (non-hydrogen) atoms. The van der Waals surface area contributed by atoms with Crippen molar-refractivity contribution in [2.45, 2.75) is 37.3 Å². The first-order chi connectivity index (χ1) is 15.4. The number of carboxylic acids is 1. The van der Waals surface area contributed by atoms with Gasteiger partial charge in [-0.1, -0.05) is 30.3 Å². The molecule has 1 aliphatic heterocycles. The van der Waals surface area contributed by atoms with Crippen LogP contribution in [0.1, 0.15) is 24.8 Å². The standard InChI is InChI=1S/C24H30N2O6/c1-30-19-5-3-6-20(31-2)21(19)17-9-7-16(8-10-17)15-18(22(27)28)26-23(29)24(12-13-25)11-4-14-32-24/h3,5-10,18H,4,11-15,25H2,1-2H3,(H,26,29)(H,27,28)/t18-,24?/m0/s1. The molecule has 1 amide bonds. The summed E-state index contributed by atoms with van der Waals surface area (Å²) in [6, 6.07) is 11.9. The van der Waals surface area contributed by atoms with Crippen LogP contribution < -0.4 is 20.5 Å². The van der Waals surface area contributed by atoms with E-state index >= 15 is 0 Å². The van der Waals surface area contributed by atoms with Crippen LogP contribution in [0.2, 0.25) is 0 Å². The number of amides is 1. The lowest BCUT2D eigenvalue weighted by Crippen LogP contribution is -2.53. The van der Waals surface area contributed by atoms with E-state index in [9.17, 15) is 14.7 Å². The Balaban J connectivity index is 1.77. The summed E-state index contributed by atoms with van der Waals surface area (Å²) in [5.74, 6) is -0.165. The molecule has 172 valence electrons. The Labute approximate surface area is 187 Å². The molecule has 2 atom stereocenters. The summed E-state index contributed by atoms with van der Waals surface area (Å²) in [6.45, 7) is 0.762. The zero-order valence-electron chi connectivity index (χ0n) is 18.4. The topological polar surface area (TPSA) is 120 Å². The highest BCUT2D eigenvalue weighted by Gasteiger charge is 2.43. The fourth-order valence-electron chi connectivity index (χ4n) is 4.09. The Morgan fingerprint density at radius 2 is 1.81 bits per heavy atom. The summed E-state index contributed by atoms with van der Waals surface area (Å²) in [4.78, 5) is 24.7. The zero-order valence-corrected chi connectivity index (χ0v) is 18.4. The largest absolute Gasteiger partial charge is 0.496 e. The molecule has 2 aromatic carbocycles. The third-order valence-electron chi connectivity index (χ3n) is 5.78. The van der Waals surface area contributed by atoms with Gasteiger partial charge in [0.2, 0.25) is 0 Å². The van der Waals surface area contributed by atoms with Crippen molar-refractivity contribution in [3.63, 3.8) is 0 Å². The van der Waals surface area contributed by atoms with Gasteiger partial charge in [0.15, 0.2) is 0 Å². The van der Waals surface area contributed by atoms with E-state index in [4.69, 9.17) is 19.9 Å². The number of carboxylic acid groups (broad SMARTS) is 1. The molecule has 1 fully saturated rings. The highest BCUT2D eigenvalue weighted by molar-refractivity contribution is 5.89. The van der Waals surface area contributed by atoms with Crippen molar-refractivity contribution < 1.29 is 28.9 Å². The molecular weight excluding hydrogens is 412 g/mol. The number of benzene rings is 2. The first kappa shape index (κ1) is 23.6. The van der Waals surface area contributed by atoms with Crippen molar-refractivity contribution in [2.75, 3.05) is 27.4 Å². The van der Waals surface area contributed by atoms with Gasteiger partial charge in [0.1, 0.15) is 23.1 Å². The van der Waals surface area contributed by atoms with Crippen LogP contribution in [-0.2, 0) is 20.7 Å². The molecule has 8 heteroatoms. The number of methoxy groups -OCH3 is 2. The highest BCUT2D eigenvalue weighted by Crippen LogP contribution is 2.38. The van der Waals surface area contributed by atoms with Gasteiger partial charge < -0.3 is 30.4 Å². The van der Waals surface area contributed by atoms with Gasteiger partial charge in [0, 0.05) is 13.0 Å². The Morgan fingerprint density at radius 3 is 2.31 bits per heavy atom. The molecular formula is C24H30N2O6. The monoisotopic (exact) mass is 442 g/mol. The van der Waals surface area contributed by atoms with Crippen LogP contribution in [0, 0.1) is 0 Å². The van der Waals surface area contributed by atoms with Gasteiger partial charge in [-0.2, -0.15) is 0 Å². The van der Waals surface area contributed by atoms with Crippen molar-refractivity contribution in [3.05, 3.63) is 48.0 Å². The van der Waals surface area contributed by atoms with E-state index in [1.807, 2.05) is 42.5 Å². The normalized spacial score (nSPS) is 18.7. The number of nitrogens with two attached hydrogens (primary N) is 1. The van der Waals surface area contributed by atoms with Crippen LogP contribution in [0.4, 0.5) is 0 Å². The van der Waals surface area contributed by atoms with E-state index in [1.54, 1.807) is 14.2 Å². The molecule has 0 spiro atoms. The average molecular weight is 443 g/mol. The molecule has 1 saturated heterocycles. The quantitative estimate of drug-likeness (QED) is 0.517. The predicted molar refractivity (Wildman–Crippen MR) is 120 cm³/mol. The summed E-state index contributed by atoms with van der Waals surface area (Å²) >= 11 is 0. The maximum absolute atomic E-state index is 12.9. The zero-order chi connectivity index (χ0) is 23.1. The highest BCUT2D eigenvalue weighted by atomic mass is 16.5. The Kier molecular flexibility index (Phi) is 7.71. The average Bonchev–Trinajstić information content (AvgIpc) is 3.28. The Bertz CT molecular complexity index is 916. The molecule has 2 aromatic rings. The minimum Gasteiger partial charge on any atom is -0.496 e. The van der Waals surface area contributed by atoms with Gasteiger partial charge in [-0.05, 0) is 49.1 Å². The van der Waals surface area contributed by atoms with E-state index in [0.29, 0.717) is 37.5 Å². The molecule has 4 N–H and O–H groups in total. The molecule has 0 bridgehead atoms. The second-order valence-corrected chi connectivity index (χ2v) is 7.79. The van der Waals surface area contributed by atoms with Crippen LogP contribution in [0.5, 0.6) is 11.5 Å². The first-order valence-corrected chi connectivity index (χ1v) is 10.6. The van der Waals surface area contributed by atoms with Crippen LogP contribution >= 0.6 is 0 Å². The first-order valence-electron chi connectivity index (χ1n) is 10.6. The third-order valence-corrected chi connectivity index (χ3v) is 5.78. The van der Waals surface area contributed by atoms with Gasteiger partial charge in [-0.25, -0.2) is 4.79 Å². The fourth-order valence-corrected chi connectivity index (χ4v) is 4.09. The molecule has 8 nitrogen and oxygen atoms in total. The number of carbonyl (C=O) groups is 2. The molecule has 1 aliphatic rings. The number of carbonyl (C=O) groups excluding carboxylic acids is 1. The number of rotatable bonds is 10. The number of ether oxygens (including phenoxy) is 3. The summed E-state index contributed by atoms with van der Waals surface area (Å²) in [5, 5.41) is 12.4. The summed E-state index contributed by atoms with van der Waals surface area (Å²) in [6.07, 6.45) is 1.79. The van der Waals surface area contributed by atoms with E-state index in [2.05, 4.69) is 5.32 Å². The number of nitrogens with one attached hydrogen (secondary N) is 1. The molecule has 0 saturated carbocycles. The van der Waals surface area contributed by atoms with Gasteiger partial charge in [0.05, 0.1) is 19.8 Å². The van der Waals surface area contributed by atoms with Crippen LogP contribution in [-0.4, -0.2) is 56.0 Å². The SMILES string of the molecule is COc1cccc(OC)c1-c1ccc(C[C@H](NC(=O)C2(CCN)CCCO2)C(=O)O)cc1. The number of hydrogen-bond donors (Lipinski definition) is 3. The van der Waals surface area contributed by atoms with Crippen LogP contribution in [0.15, 0.2) is 42.5 Å². The van der Waals surface area contributed by atoms with Crippen LogP contribution in [0.25, 0.3) is 11.1 Å². The summed E-state index contributed by atoms with van der Waals surface area (Å²) < 4.78 is 16.6. The predicted octanol–water partition coefficient (Wildman–Crippen LogP) is 2.38. The second kappa shape index (κ2) is 10.5. The van der Waals surface area contributed by atoms with E-state index < -0.39 is 23.5 Å². The molecule has 0 aromatic heterocycles. The molecule has 3 rings (SSSR count). The molecule has 0 aliphatic carbocycles. The second-order valence-electron chi connectivity index (χ2n) is 7.79. The van der Waals surface area contributed by atoms with Crippen molar-refractivity contribution in [2.24, 2.45) is 5.73 Å². The maximum atomic E-state index is 12.9. The third kappa shape index (κ3) is 5.03. The van der Waals surface area contributed by atoms with Crippen molar-refractivity contribution >= 4 is 11.9 Å². The lowest BCUT2D eigenvalue weighted by molar-refractivity contribution is -0.148. The number of aliphatic carboxylic acids is 1. The lowest BCUT2D eigenvalue weighted by atomic mass is 9.93. The summed E-state index contributed by atoms with van der Waals surface area (Å²) in [7, 11) is 3.19. The summed E-state index contributed by atoms with van der Waals surface area (Å²) in [5.41, 5.74) is 7.08. The molecule has 0 radical (unpaired) electrons. The van der Waals surface area contributed by atoms with E-state index in [1.165, 1.54) is 0 Å². The molecule has 1 heterocycles. The van der Waals surface area contributed by atoms with E-state index in [0.717, 1.165) is 23.1 Å². The van der Waals surface area contributed by atoms with E-state index in [-0.39, 0.29) is 6.42 Å². The molecule has 1 unspecified atom stereocenters.